The van der Waals surface area contributed by atoms with Crippen molar-refractivity contribution in [2.24, 2.45) is 5.73 Å². The molecule has 4 unspecified atom stereocenters. The average molecular weight is 1130 g/mol. The summed E-state index contributed by atoms with van der Waals surface area (Å²) in [6.07, 6.45) is -2.82. The molecule has 79 heavy (non-hydrogen) atoms. The highest BCUT2D eigenvalue weighted by molar-refractivity contribution is 5.90. The van der Waals surface area contributed by atoms with E-state index in [1.807, 2.05) is 105 Å². The molecule has 5 amide bonds. The molecule has 0 radical (unpaired) electrons. The molecule has 436 valence electrons. The highest BCUT2D eigenvalue weighted by atomic mass is 35.5. The van der Waals surface area contributed by atoms with Crippen LogP contribution in [-0.2, 0) is 60.9 Å². The number of esters is 2. The zero-order valence-electron chi connectivity index (χ0n) is 45.4. The van der Waals surface area contributed by atoms with Gasteiger partial charge < -0.3 is 66.6 Å². The van der Waals surface area contributed by atoms with Crippen molar-refractivity contribution in [1.82, 2.24) is 26.6 Å². The van der Waals surface area contributed by atoms with Crippen LogP contribution < -0.4 is 32.3 Å². The highest BCUT2D eigenvalue weighted by Crippen LogP contribution is 2.17. The summed E-state index contributed by atoms with van der Waals surface area (Å²) in [5, 5.41) is 40.8. The molecule has 22 heteroatoms. The van der Waals surface area contributed by atoms with Crippen LogP contribution in [0.2, 0.25) is 0 Å². The molecular weight excluding hydrogens is 1040 g/mol. The van der Waals surface area contributed by atoms with Crippen LogP contribution in [0.5, 0.6) is 0 Å². The minimum absolute atomic E-state index is 0. The van der Waals surface area contributed by atoms with E-state index in [0.717, 1.165) is 16.7 Å². The van der Waals surface area contributed by atoms with Crippen LogP contribution in [0, 0.1) is 0 Å². The molecule has 0 heterocycles. The number of ether oxygens (including phenoxy) is 4. The Hall–Kier alpha value is -7.59. The van der Waals surface area contributed by atoms with E-state index in [2.05, 4.69) is 26.6 Å². The van der Waals surface area contributed by atoms with Crippen molar-refractivity contribution in [3.63, 3.8) is 0 Å². The Balaban J connectivity index is 0.00000125. The molecule has 0 bridgehead atoms. The first-order valence-electron chi connectivity index (χ1n) is 25.0. The van der Waals surface area contributed by atoms with E-state index < -0.39 is 108 Å². The average Bonchev–Trinajstić information content (AvgIpc) is 3.39. The van der Waals surface area contributed by atoms with Crippen LogP contribution >= 0.6 is 12.4 Å². The highest BCUT2D eigenvalue weighted by Gasteiger charge is 2.31. The fraction of sp³-hybridized carbons (Fsp3) is 0.439. The van der Waals surface area contributed by atoms with Gasteiger partial charge in [0, 0.05) is 0 Å². The van der Waals surface area contributed by atoms with Gasteiger partial charge in [-0.2, -0.15) is 0 Å². The van der Waals surface area contributed by atoms with Crippen LogP contribution in [0.1, 0.15) is 123 Å². The first-order chi connectivity index (χ1) is 36.3. The third kappa shape index (κ3) is 30.2. The lowest BCUT2D eigenvalue weighted by atomic mass is 10.1. The molecule has 0 saturated carbocycles. The Morgan fingerprint density at radius 3 is 1.25 bits per heavy atom. The van der Waals surface area contributed by atoms with E-state index in [0.29, 0.717) is 31.2 Å². The fourth-order valence-corrected chi connectivity index (χ4v) is 6.63. The Labute approximate surface area is 469 Å². The first-order valence-corrected chi connectivity index (χ1v) is 25.0. The van der Waals surface area contributed by atoms with E-state index in [9.17, 15) is 48.6 Å². The number of halogens is 1. The molecule has 4 rings (SSSR count). The molecule has 10 N–H and O–H groups in total. The number of alkyl carbamates (subject to hydrolysis) is 2. The molecule has 0 aliphatic heterocycles. The van der Waals surface area contributed by atoms with Crippen LogP contribution in [0.15, 0.2) is 121 Å². The van der Waals surface area contributed by atoms with E-state index in [4.69, 9.17) is 29.8 Å². The van der Waals surface area contributed by atoms with E-state index in [1.165, 1.54) is 0 Å². The monoisotopic (exact) mass is 1120 g/mol. The lowest BCUT2D eigenvalue weighted by Crippen LogP contribution is -2.52. The van der Waals surface area contributed by atoms with Crippen molar-refractivity contribution < 1.29 is 72.6 Å². The summed E-state index contributed by atoms with van der Waals surface area (Å²) in [4.78, 5) is 95.6. The Bertz CT molecular complexity index is 2450. The first kappa shape index (κ1) is 71.4. The molecule has 4 aromatic carbocycles. The van der Waals surface area contributed by atoms with Gasteiger partial charge in [0.05, 0.1) is 18.6 Å². The summed E-state index contributed by atoms with van der Waals surface area (Å²) >= 11 is 0. The third-order valence-corrected chi connectivity index (χ3v) is 10.3. The number of carboxylic acid groups (broad SMARTS) is 1. The Kier molecular flexibility index (Phi) is 33.7. The number of benzene rings is 4. The molecule has 21 nitrogen and oxygen atoms in total. The second-order valence-electron chi connectivity index (χ2n) is 19.3. The number of carbonyl (C=O) groups is 8. The predicted molar refractivity (Wildman–Crippen MR) is 299 cm³/mol. The summed E-state index contributed by atoms with van der Waals surface area (Å²) in [6.45, 7) is 13.0. The normalized spacial score (nSPS) is 12.8. The Morgan fingerprint density at radius 2 is 0.886 bits per heavy atom. The largest absolute Gasteiger partial charge is 0.480 e. The maximum Gasteiger partial charge on any atom is 0.407 e. The summed E-state index contributed by atoms with van der Waals surface area (Å²) in [5.74, 6) is -4.66. The molecule has 0 saturated heterocycles. The zero-order chi connectivity index (χ0) is 57.6. The van der Waals surface area contributed by atoms with Crippen molar-refractivity contribution in [3.05, 3.63) is 144 Å². The SMILES string of the molecule is C.CCCC(NC(=O)OC(C)(C)C)C(O)C(=O)NCC(=O)N[C@H](C(=O)OCc1ccccc1)c1ccccc1.CCCC(NC(=O)OC(C)(C)C)C(O)C(=O)NCC(=O)O.Cl.N[C@H](C(=O)OCc1ccccc1)c1ccccc1. The molecule has 0 aromatic heterocycles. The van der Waals surface area contributed by atoms with Crippen molar-refractivity contribution >= 4 is 60.2 Å². The molecule has 6 atom stereocenters. The smallest absolute Gasteiger partial charge is 0.407 e. The lowest BCUT2D eigenvalue weighted by Gasteiger charge is -2.26. The number of aliphatic hydroxyl groups is 2. The van der Waals surface area contributed by atoms with Crippen LogP contribution in [0.25, 0.3) is 0 Å². The van der Waals surface area contributed by atoms with Gasteiger partial charge in [0.25, 0.3) is 11.8 Å². The summed E-state index contributed by atoms with van der Waals surface area (Å²) < 4.78 is 20.8. The van der Waals surface area contributed by atoms with Crippen molar-refractivity contribution in [2.45, 2.75) is 149 Å². The number of amides is 5. The van der Waals surface area contributed by atoms with Gasteiger partial charge in [-0.1, -0.05) is 155 Å². The Morgan fingerprint density at radius 1 is 0.532 bits per heavy atom. The number of aliphatic carboxylic acids is 1. The second kappa shape index (κ2) is 37.3. The second-order valence-corrected chi connectivity index (χ2v) is 19.3. The maximum atomic E-state index is 12.8. The van der Waals surface area contributed by atoms with Gasteiger partial charge in [0.15, 0.2) is 18.2 Å². The lowest BCUT2D eigenvalue weighted by molar-refractivity contribution is -0.149. The molecule has 0 aliphatic rings. The number of carbonyl (C=O) groups excluding carboxylic acids is 7. The number of hydrogen-bond acceptors (Lipinski definition) is 15. The standard InChI is InChI=1S/C28H37N3O7.C15H15NO2.C13H24N2O6.CH4.ClH/c1-5-12-21(30-27(36)38-28(2,3)4)24(33)25(34)29-17-22(32)31-23(20-15-10-7-11-16-20)26(35)37-18-19-13-8-6-9-14-19;16-14(13-9-5-2-6-10-13)15(17)18-11-12-7-3-1-4-8-12;1-5-6-8(15-12(20)21-13(2,3)4)10(18)11(19)14-7-9(16)17;;/h6-11,13-16,21,23-24,33H,5,12,17-18H2,1-4H3,(H,29,34)(H,30,36)(H,31,32);1-10,14H,11,16H2;8,10,18H,5-7H2,1-4H3,(H,14,19)(H,15,20)(H,16,17);1H4;1H/t21?,23-,24?;14-;;;/m00.../s1. The van der Waals surface area contributed by atoms with Crippen molar-refractivity contribution in [2.75, 3.05) is 13.1 Å². The number of hydrogen-bond donors (Lipinski definition) is 9. The fourth-order valence-electron chi connectivity index (χ4n) is 6.63. The van der Waals surface area contributed by atoms with Gasteiger partial charge in [0.2, 0.25) is 5.91 Å². The summed E-state index contributed by atoms with van der Waals surface area (Å²) in [7, 11) is 0. The van der Waals surface area contributed by atoms with E-state index >= 15 is 0 Å². The third-order valence-electron chi connectivity index (χ3n) is 10.3. The van der Waals surface area contributed by atoms with Gasteiger partial charge in [0.1, 0.15) is 37.0 Å². The quantitative estimate of drug-likeness (QED) is 0.0283. The number of aliphatic hydroxyl groups excluding tert-OH is 2. The van der Waals surface area contributed by atoms with Crippen LogP contribution in [0.4, 0.5) is 9.59 Å². The maximum absolute atomic E-state index is 12.8. The number of carboxylic acids is 1. The van der Waals surface area contributed by atoms with Crippen LogP contribution in [0.3, 0.4) is 0 Å². The number of nitrogens with one attached hydrogen (secondary N) is 5. The summed E-state index contributed by atoms with van der Waals surface area (Å²) in [6, 6.07) is 32.8. The van der Waals surface area contributed by atoms with Gasteiger partial charge in [-0.25, -0.2) is 19.2 Å². The van der Waals surface area contributed by atoms with Crippen molar-refractivity contribution in [3.8, 4) is 0 Å². The number of rotatable bonds is 23. The molecule has 0 spiro atoms. The minimum Gasteiger partial charge on any atom is -0.480 e. The molecule has 4 aromatic rings. The molecule has 0 fully saturated rings. The van der Waals surface area contributed by atoms with E-state index in [-0.39, 0.29) is 33.0 Å². The minimum atomic E-state index is -1.61. The number of nitrogens with two attached hydrogens (primary N) is 1. The van der Waals surface area contributed by atoms with Gasteiger partial charge in [-0.15, -0.1) is 12.4 Å². The summed E-state index contributed by atoms with van der Waals surface area (Å²) in [5.41, 5.74) is 7.40. The zero-order valence-corrected chi connectivity index (χ0v) is 46.2. The van der Waals surface area contributed by atoms with E-state index in [1.54, 1.807) is 71.9 Å². The van der Waals surface area contributed by atoms with Gasteiger partial charge >= 0.3 is 30.1 Å². The molecular formula is C57H81ClN6O15. The predicted octanol–water partition coefficient (Wildman–Crippen LogP) is 6.49. The van der Waals surface area contributed by atoms with Gasteiger partial charge in [-0.3, -0.25) is 19.2 Å². The topological polar surface area (TPSA) is 320 Å². The molecule has 0 aliphatic carbocycles. The van der Waals surface area contributed by atoms with Gasteiger partial charge in [-0.05, 0) is 76.6 Å². The van der Waals surface area contributed by atoms with Crippen LogP contribution in [-0.4, -0.2) is 112 Å². The van der Waals surface area contributed by atoms with Crippen molar-refractivity contribution in [1.29, 1.82) is 0 Å².